The molecule has 146 valence electrons. The highest BCUT2D eigenvalue weighted by molar-refractivity contribution is 7.88. The van der Waals surface area contributed by atoms with E-state index in [1.54, 1.807) is 18.2 Å². The van der Waals surface area contributed by atoms with Crippen molar-refractivity contribution in [3.8, 4) is 0 Å². The van der Waals surface area contributed by atoms with Gasteiger partial charge >= 0.3 is 0 Å². The van der Waals surface area contributed by atoms with Crippen LogP contribution in [0.5, 0.6) is 0 Å². The SMILES string of the molecule is CC(C)[C@@H](C)NC(=O)C1CCN(S(=O)(=O)Cc2ccc(Cl)c(Cl)c2)CC1. The van der Waals surface area contributed by atoms with E-state index in [1.807, 2.05) is 6.92 Å². The first-order valence-electron chi connectivity index (χ1n) is 8.82. The minimum Gasteiger partial charge on any atom is -0.353 e. The Kier molecular flexibility index (Phi) is 7.36. The third-order valence-corrected chi connectivity index (χ3v) is 7.51. The number of rotatable bonds is 6. The van der Waals surface area contributed by atoms with Crippen molar-refractivity contribution in [3.05, 3.63) is 33.8 Å². The number of nitrogens with one attached hydrogen (secondary N) is 1. The topological polar surface area (TPSA) is 66.5 Å². The lowest BCUT2D eigenvalue weighted by atomic mass is 9.96. The van der Waals surface area contributed by atoms with Gasteiger partial charge in [-0.3, -0.25) is 4.79 Å². The van der Waals surface area contributed by atoms with Crippen molar-refractivity contribution in [3.63, 3.8) is 0 Å². The molecule has 1 fully saturated rings. The van der Waals surface area contributed by atoms with Gasteiger partial charge in [-0.1, -0.05) is 43.1 Å². The number of hydrogen-bond donors (Lipinski definition) is 1. The molecular formula is C18H26Cl2N2O3S. The van der Waals surface area contributed by atoms with Crippen LogP contribution in [0.4, 0.5) is 0 Å². The van der Waals surface area contributed by atoms with Crippen LogP contribution in [0.25, 0.3) is 0 Å². The Morgan fingerprint density at radius 3 is 2.35 bits per heavy atom. The number of amides is 1. The second kappa shape index (κ2) is 8.91. The molecule has 0 radical (unpaired) electrons. The molecule has 1 amide bonds. The summed E-state index contributed by atoms with van der Waals surface area (Å²) in [5.74, 6) is 0.136. The Morgan fingerprint density at radius 1 is 1.19 bits per heavy atom. The maximum Gasteiger partial charge on any atom is 0.223 e. The van der Waals surface area contributed by atoms with Crippen molar-refractivity contribution in [2.75, 3.05) is 13.1 Å². The molecule has 1 atom stereocenters. The van der Waals surface area contributed by atoms with Crippen molar-refractivity contribution >= 4 is 39.1 Å². The van der Waals surface area contributed by atoms with Crippen molar-refractivity contribution in [2.24, 2.45) is 11.8 Å². The lowest BCUT2D eigenvalue weighted by Gasteiger charge is -2.31. The van der Waals surface area contributed by atoms with Crippen LogP contribution < -0.4 is 5.32 Å². The molecule has 5 nitrogen and oxygen atoms in total. The van der Waals surface area contributed by atoms with Crippen LogP contribution in [-0.4, -0.2) is 37.8 Å². The Balaban J connectivity index is 1.93. The van der Waals surface area contributed by atoms with Gasteiger partial charge in [0.25, 0.3) is 0 Å². The van der Waals surface area contributed by atoms with E-state index in [2.05, 4.69) is 19.2 Å². The Hall–Kier alpha value is -0.820. The summed E-state index contributed by atoms with van der Waals surface area (Å²) >= 11 is 11.8. The number of carbonyl (C=O) groups is 1. The number of benzene rings is 1. The summed E-state index contributed by atoms with van der Waals surface area (Å²) < 4.78 is 26.8. The van der Waals surface area contributed by atoms with E-state index in [-0.39, 0.29) is 23.6 Å². The zero-order chi connectivity index (χ0) is 19.5. The van der Waals surface area contributed by atoms with E-state index in [0.717, 1.165) is 0 Å². The van der Waals surface area contributed by atoms with Gasteiger partial charge in [-0.25, -0.2) is 12.7 Å². The molecule has 0 aliphatic carbocycles. The lowest BCUT2D eigenvalue weighted by molar-refractivity contribution is -0.127. The molecule has 1 heterocycles. The van der Waals surface area contributed by atoms with E-state index in [0.29, 0.717) is 47.5 Å². The van der Waals surface area contributed by atoms with Crippen LogP contribution in [0.15, 0.2) is 18.2 Å². The number of sulfonamides is 1. The molecule has 0 aromatic heterocycles. The molecule has 1 aromatic rings. The maximum atomic E-state index is 12.6. The molecule has 2 rings (SSSR count). The summed E-state index contributed by atoms with van der Waals surface area (Å²) in [5.41, 5.74) is 0.602. The minimum absolute atomic E-state index is 0.0210. The normalized spacial score (nSPS) is 18.1. The van der Waals surface area contributed by atoms with Crippen molar-refractivity contribution < 1.29 is 13.2 Å². The highest BCUT2D eigenvalue weighted by atomic mass is 35.5. The maximum absolute atomic E-state index is 12.6. The smallest absolute Gasteiger partial charge is 0.223 e. The van der Waals surface area contributed by atoms with Crippen LogP contribution in [0, 0.1) is 11.8 Å². The fraction of sp³-hybridized carbons (Fsp3) is 0.611. The van der Waals surface area contributed by atoms with Crippen molar-refractivity contribution in [2.45, 2.75) is 45.4 Å². The number of halogens is 2. The molecule has 1 aliphatic heterocycles. The average molecular weight is 421 g/mol. The van der Waals surface area contributed by atoms with E-state index in [1.165, 1.54) is 4.31 Å². The first kappa shape index (κ1) is 21.5. The number of hydrogen-bond acceptors (Lipinski definition) is 3. The molecule has 0 bridgehead atoms. The molecule has 1 aliphatic rings. The summed E-state index contributed by atoms with van der Waals surface area (Å²) in [4.78, 5) is 12.3. The highest BCUT2D eigenvalue weighted by Crippen LogP contribution is 2.26. The lowest BCUT2D eigenvalue weighted by Crippen LogP contribution is -2.46. The van der Waals surface area contributed by atoms with Crippen LogP contribution in [0.3, 0.4) is 0 Å². The van der Waals surface area contributed by atoms with Crippen molar-refractivity contribution in [1.82, 2.24) is 9.62 Å². The van der Waals surface area contributed by atoms with E-state index in [9.17, 15) is 13.2 Å². The van der Waals surface area contributed by atoms with Gasteiger partial charge in [0, 0.05) is 25.0 Å². The van der Waals surface area contributed by atoms with Crippen LogP contribution >= 0.6 is 23.2 Å². The van der Waals surface area contributed by atoms with Crippen LogP contribution in [0.2, 0.25) is 10.0 Å². The molecule has 26 heavy (non-hydrogen) atoms. The van der Waals surface area contributed by atoms with Gasteiger partial charge in [-0.05, 0) is 43.4 Å². The summed E-state index contributed by atoms with van der Waals surface area (Å²) in [6.07, 6.45) is 1.08. The summed E-state index contributed by atoms with van der Waals surface area (Å²) in [5, 5.41) is 3.76. The molecule has 0 spiro atoms. The molecule has 0 saturated carbocycles. The fourth-order valence-corrected chi connectivity index (χ4v) is 4.71. The first-order valence-corrected chi connectivity index (χ1v) is 11.2. The monoisotopic (exact) mass is 420 g/mol. The van der Waals surface area contributed by atoms with Gasteiger partial charge in [0.05, 0.1) is 15.8 Å². The number of nitrogens with zero attached hydrogens (tertiary/aromatic N) is 1. The molecular weight excluding hydrogens is 395 g/mol. The van der Waals surface area contributed by atoms with Gasteiger partial charge in [0.1, 0.15) is 0 Å². The predicted octanol–water partition coefficient (Wildman–Crippen LogP) is 3.70. The van der Waals surface area contributed by atoms with Crippen LogP contribution in [-0.2, 0) is 20.6 Å². The predicted molar refractivity (Wildman–Crippen MR) is 106 cm³/mol. The molecule has 1 aromatic carbocycles. The largest absolute Gasteiger partial charge is 0.353 e. The number of piperidine rings is 1. The zero-order valence-corrected chi connectivity index (χ0v) is 17.7. The third-order valence-electron chi connectivity index (χ3n) is 4.92. The van der Waals surface area contributed by atoms with Gasteiger partial charge < -0.3 is 5.32 Å². The molecule has 0 unspecified atom stereocenters. The Labute approximate surface area is 166 Å². The van der Waals surface area contributed by atoms with E-state index < -0.39 is 10.0 Å². The van der Waals surface area contributed by atoms with Gasteiger partial charge in [-0.15, -0.1) is 0 Å². The van der Waals surface area contributed by atoms with Crippen molar-refractivity contribution in [1.29, 1.82) is 0 Å². The quantitative estimate of drug-likeness (QED) is 0.762. The molecule has 8 heteroatoms. The third kappa shape index (κ3) is 5.59. The highest BCUT2D eigenvalue weighted by Gasteiger charge is 2.31. The van der Waals surface area contributed by atoms with Crippen LogP contribution in [0.1, 0.15) is 39.2 Å². The minimum atomic E-state index is -3.45. The second-order valence-electron chi connectivity index (χ2n) is 7.22. The summed E-state index contributed by atoms with van der Waals surface area (Å²) in [7, 11) is -3.45. The van der Waals surface area contributed by atoms with E-state index >= 15 is 0 Å². The number of carbonyl (C=O) groups excluding carboxylic acids is 1. The summed E-state index contributed by atoms with van der Waals surface area (Å²) in [6.45, 7) is 6.82. The van der Waals surface area contributed by atoms with Gasteiger partial charge in [-0.2, -0.15) is 0 Å². The Bertz CT molecular complexity index is 745. The first-order chi connectivity index (χ1) is 12.1. The summed E-state index contributed by atoms with van der Waals surface area (Å²) in [6, 6.07) is 4.95. The molecule has 1 N–H and O–H groups in total. The standard InChI is InChI=1S/C18H26Cl2N2O3S/c1-12(2)13(3)21-18(23)15-6-8-22(9-7-15)26(24,25)11-14-4-5-16(19)17(20)10-14/h4-5,10,12-13,15H,6-9,11H2,1-3H3,(H,21,23)/t13-/m1/s1. The average Bonchev–Trinajstić information content (AvgIpc) is 2.58. The van der Waals surface area contributed by atoms with E-state index in [4.69, 9.17) is 23.2 Å². The molecule has 1 saturated heterocycles. The zero-order valence-electron chi connectivity index (χ0n) is 15.3. The fourth-order valence-electron chi connectivity index (χ4n) is 2.84. The Morgan fingerprint density at radius 2 is 1.81 bits per heavy atom. The van der Waals surface area contributed by atoms with Gasteiger partial charge in [0.2, 0.25) is 15.9 Å². The van der Waals surface area contributed by atoms with Gasteiger partial charge in [0.15, 0.2) is 0 Å². The second-order valence-corrected chi connectivity index (χ2v) is 10.0.